The topological polar surface area (TPSA) is 442 Å². The number of aliphatic hydroxyl groups excluding tert-OH is 3. The third kappa shape index (κ3) is 23.6. The maximum absolute atomic E-state index is 13.7. The van der Waals surface area contributed by atoms with Crippen LogP contribution in [0.4, 0.5) is 0 Å². The zero-order valence-electron chi connectivity index (χ0n) is 61.5. The van der Waals surface area contributed by atoms with Gasteiger partial charge in [0.15, 0.2) is 28.2 Å². The number of amides is 1. The van der Waals surface area contributed by atoms with E-state index in [1.807, 2.05) is 0 Å². The normalized spacial score (nSPS) is 27.1. The van der Waals surface area contributed by atoms with Crippen molar-refractivity contribution in [2.45, 2.75) is 174 Å². The van der Waals surface area contributed by atoms with Crippen LogP contribution in [0.1, 0.15) is 95.5 Å². The average molecular weight is 1610 g/mol. The first-order valence-corrected chi connectivity index (χ1v) is 40.3. The van der Waals surface area contributed by atoms with Gasteiger partial charge in [-0.3, -0.25) is 61.4 Å². The molecule has 38 heteroatoms. The van der Waals surface area contributed by atoms with E-state index in [-0.39, 0.29) is 69.4 Å². The van der Waals surface area contributed by atoms with E-state index >= 15 is 0 Å². The summed E-state index contributed by atoms with van der Waals surface area (Å²) in [5.74, 6) is -3.54. The van der Waals surface area contributed by atoms with Gasteiger partial charge in [0.2, 0.25) is 0 Å². The number of para-hydroxylation sites is 3. The van der Waals surface area contributed by atoms with Crippen molar-refractivity contribution < 1.29 is 119 Å². The summed E-state index contributed by atoms with van der Waals surface area (Å²) in [4.78, 5) is 77.8. The maximum Gasteiger partial charge on any atom is 0.380 e. The second kappa shape index (κ2) is 37.6. The number of esters is 3. The number of aliphatic hydroxyl groups is 6. The summed E-state index contributed by atoms with van der Waals surface area (Å²) in [7, 11) is -11.9. The maximum atomic E-state index is 13.7. The Morgan fingerprint density at radius 3 is 1.06 bits per heavy atom. The Morgan fingerprint density at radius 2 is 0.787 bits per heavy atom. The molecule has 3 fully saturated rings. The monoisotopic (exact) mass is 1610 g/mol. The zero-order valence-corrected chi connectivity index (χ0v) is 65.8. The number of hydrogen-bond acceptors (Lipinski definition) is 30. The van der Waals surface area contributed by atoms with E-state index in [2.05, 4.69) is 21.9 Å². The number of aromatic nitrogens is 4. The minimum Gasteiger partial charge on any atom is -0.463 e. The third-order valence-corrected chi connectivity index (χ3v) is 23.4. The number of nitrogens with zero attached hydrogens (tertiary/aromatic N) is 3. The average Bonchev–Trinajstić information content (AvgIpc) is 1.63. The van der Waals surface area contributed by atoms with Gasteiger partial charge in [-0.15, -0.1) is 0 Å². The molecule has 9 rings (SSSR count). The van der Waals surface area contributed by atoms with Gasteiger partial charge in [0, 0.05) is 36.8 Å². The van der Waals surface area contributed by atoms with Crippen LogP contribution >= 0.6 is 47.2 Å². The second-order valence-corrected chi connectivity index (χ2v) is 34.3. The molecular weight excluding hydrogens is 1510 g/mol. The lowest BCUT2D eigenvalue weighted by Gasteiger charge is -2.37. The zero-order chi connectivity index (χ0) is 80.0. The van der Waals surface area contributed by atoms with Crippen LogP contribution in [0.5, 0.6) is 17.2 Å². The van der Waals surface area contributed by atoms with Crippen LogP contribution in [-0.4, -0.2) is 195 Å². The molecule has 4 aliphatic heterocycles. The number of hydrogen-bond donors (Lipinski definition) is 9. The number of H-pyrrole nitrogens is 2. The minimum atomic E-state index is -3.97. The molecule has 0 spiro atoms. The van der Waals surface area contributed by atoms with Crippen molar-refractivity contribution in [3.05, 3.63) is 170 Å². The van der Waals surface area contributed by atoms with Crippen molar-refractivity contribution in [3.63, 3.8) is 0 Å². The Bertz CT molecular complexity index is 4140. The Balaban J connectivity index is 0.000000226. The molecule has 18 atom stereocenters. The molecule has 3 aromatic carbocycles. The smallest absolute Gasteiger partial charge is 0.380 e. The fourth-order valence-corrected chi connectivity index (χ4v) is 17.3. The van der Waals surface area contributed by atoms with Gasteiger partial charge in [0.1, 0.15) is 76.5 Å². The standard InChI is InChI=1S/C24H33N2O9P.2C23H31N2O9PS/c1-15(2)33-22(29)16(3)14-36(31,35-18-9-7-6-8-10-18)32-13-19-21(28)24(5,30)23(34-19)26-12-11-20(27)25-17(26)4;2*1-14(2)32-20(28)15(3)13-35(30,34-16-8-6-5-7-9-16)31-12-17-19(27)23(4,29)21(33-17)25-11-10-18(26)24-22(25)36/h6-12,15-16,19,21,23,28,30H,4,13-14H2,1-3,5H3,(H,25,27);2*5-11,14-15,17,19,21,27,29H,12-13H2,1-4H3,(H,24,26,36)/t16-,19-,21+,23-,24?,36?;2*15-,17-,19+,21-,23?,35?/m111/s1. The molecule has 6 heterocycles. The van der Waals surface area contributed by atoms with Crippen LogP contribution in [0.15, 0.2) is 150 Å². The van der Waals surface area contributed by atoms with E-state index in [1.54, 1.807) is 153 Å². The highest BCUT2D eigenvalue weighted by Crippen LogP contribution is 2.54. The summed E-state index contributed by atoms with van der Waals surface area (Å²) in [5.41, 5.74) is -6.33. The first-order valence-electron chi connectivity index (χ1n) is 34.3. The van der Waals surface area contributed by atoms with Crippen molar-refractivity contribution in [2.24, 2.45) is 17.8 Å². The lowest BCUT2D eigenvalue weighted by molar-refractivity contribution is -0.152. The molecular formula is C70H95N6O27P3S2. The van der Waals surface area contributed by atoms with E-state index in [0.717, 1.165) is 0 Å². The number of nitrogens with one attached hydrogen (secondary N) is 3. The largest absolute Gasteiger partial charge is 0.463 e. The third-order valence-electron chi connectivity index (χ3n) is 16.7. The van der Waals surface area contributed by atoms with Gasteiger partial charge in [-0.1, -0.05) is 81.9 Å². The number of benzene rings is 3. The van der Waals surface area contributed by atoms with Gasteiger partial charge in [0.25, 0.3) is 17.0 Å². The van der Waals surface area contributed by atoms with Crippen molar-refractivity contribution in [3.8, 4) is 17.2 Å². The molecule has 3 saturated heterocycles. The van der Waals surface area contributed by atoms with Crippen LogP contribution in [-0.2, 0) is 74.9 Å². The summed E-state index contributed by atoms with van der Waals surface area (Å²) in [5, 5.41) is 67.7. The fraction of sp³-hybridized carbons (Fsp3) is 0.514. The molecule has 0 aliphatic carbocycles. The molecule has 1 amide bonds. The quantitative estimate of drug-likeness (QED) is 0.00919. The minimum absolute atomic E-state index is 0.0166. The van der Waals surface area contributed by atoms with Gasteiger partial charge in [-0.25, -0.2) is 13.7 Å². The second-order valence-electron chi connectivity index (χ2n) is 27.4. The van der Waals surface area contributed by atoms with Gasteiger partial charge in [-0.2, -0.15) is 0 Å². The number of carbonyl (C=O) groups excluding carboxylic acids is 4. The Labute approximate surface area is 633 Å². The highest BCUT2D eigenvalue weighted by atomic mass is 32.1. The molecule has 108 heavy (non-hydrogen) atoms. The molecule has 594 valence electrons. The lowest BCUT2D eigenvalue weighted by Crippen LogP contribution is -2.53. The van der Waals surface area contributed by atoms with Gasteiger partial charge in [-0.05, 0) is 123 Å². The summed E-state index contributed by atoms with van der Waals surface area (Å²) in [6, 6.07) is 27.4. The van der Waals surface area contributed by atoms with Gasteiger partial charge < -0.3 is 82.8 Å². The number of aromatic amines is 2. The molecule has 0 saturated carbocycles. The Morgan fingerprint density at radius 1 is 0.500 bits per heavy atom. The van der Waals surface area contributed by atoms with E-state index < -0.39 is 167 Å². The summed E-state index contributed by atoms with van der Waals surface area (Å²) < 4.78 is 111. The van der Waals surface area contributed by atoms with Crippen molar-refractivity contribution in [1.29, 1.82) is 0 Å². The van der Waals surface area contributed by atoms with Crippen molar-refractivity contribution in [1.82, 2.24) is 29.3 Å². The fourth-order valence-electron chi connectivity index (χ4n) is 11.2. The molecule has 2 aromatic heterocycles. The van der Waals surface area contributed by atoms with E-state index in [4.69, 9.17) is 80.0 Å². The number of ether oxygens (including phenoxy) is 6. The predicted octanol–water partition coefficient (Wildman–Crippen LogP) is 7.70. The predicted molar refractivity (Wildman–Crippen MR) is 394 cm³/mol. The summed E-state index contributed by atoms with van der Waals surface area (Å²) >= 11 is 10.3. The number of rotatable bonds is 30. The summed E-state index contributed by atoms with van der Waals surface area (Å²) in [6.45, 7) is 21.4. The Kier molecular flexibility index (Phi) is 30.6. The first-order chi connectivity index (χ1) is 50.5. The molecule has 0 radical (unpaired) electrons. The van der Waals surface area contributed by atoms with Crippen LogP contribution in [0.3, 0.4) is 0 Å². The molecule has 9 N–H and O–H groups in total. The summed E-state index contributed by atoms with van der Waals surface area (Å²) in [6.07, 6.45) is -7.87. The molecule has 6 unspecified atom stereocenters. The molecule has 4 aliphatic rings. The van der Waals surface area contributed by atoms with Gasteiger partial charge >= 0.3 is 40.7 Å². The molecule has 5 aromatic rings. The van der Waals surface area contributed by atoms with Gasteiger partial charge in [0.05, 0.1) is 74.4 Å². The van der Waals surface area contributed by atoms with Crippen molar-refractivity contribution >= 4 is 71.0 Å². The van der Waals surface area contributed by atoms with Crippen LogP contribution in [0, 0.1) is 27.3 Å². The van der Waals surface area contributed by atoms with E-state index in [0.29, 0.717) is 0 Å². The van der Waals surface area contributed by atoms with Crippen LogP contribution < -0.4 is 30.0 Å². The molecule has 33 nitrogen and oxygen atoms in total. The number of carbonyl (C=O) groups is 4. The van der Waals surface area contributed by atoms with E-state index in [9.17, 15) is 73.1 Å². The molecule has 0 bridgehead atoms. The van der Waals surface area contributed by atoms with Crippen molar-refractivity contribution in [2.75, 3.05) is 38.3 Å². The van der Waals surface area contributed by atoms with Crippen LogP contribution in [0.2, 0.25) is 0 Å². The SMILES string of the molecule is C=C1NC(=O)C=CN1[C@@H]1O[C@H](COP(=O)(C[C@@H](C)C(=O)OC(C)C)Oc2ccccc2)[C@H](O)C1(C)O.CC(C)OC(=O)[C@H](C)CP(=O)(OC[C@H]1O[C@@H](n2ccc(=O)[nH]c2=S)C(C)(O)[C@H]1O)Oc1ccccc1.CC(C)OC(=O)[C@H](C)CP(=O)(OC[C@H]1O[C@@H](n2ccc(=O)[nH]c2=S)C(C)(O)[C@H]1O)Oc1ccccc1. The lowest BCUT2D eigenvalue weighted by atomic mass is 9.96. The van der Waals surface area contributed by atoms with E-state index in [1.165, 1.54) is 71.6 Å². The Hall–Kier alpha value is -7.37. The highest BCUT2D eigenvalue weighted by molar-refractivity contribution is 7.71. The first kappa shape index (κ1) is 87.9. The van der Waals surface area contributed by atoms with Crippen LogP contribution in [0.25, 0.3) is 0 Å². The highest BCUT2D eigenvalue weighted by Gasteiger charge is 2.57.